The molecule has 2 N–H and O–H groups in total. The largest absolute Gasteiger partial charge is 0.349 e. The van der Waals surface area contributed by atoms with Crippen molar-refractivity contribution in [2.45, 2.75) is 19.9 Å². The fourth-order valence-electron chi connectivity index (χ4n) is 1.62. The van der Waals surface area contributed by atoms with Crippen molar-refractivity contribution in [3.63, 3.8) is 0 Å². The molecule has 0 bridgehead atoms. The van der Waals surface area contributed by atoms with Crippen LogP contribution in [0.15, 0.2) is 28.2 Å². The van der Waals surface area contributed by atoms with Crippen molar-refractivity contribution in [1.82, 2.24) is 19.5 Å². The zero-order chi connectivity index (χ0) is 13.1. The molecule has 94 valence electrons. The van der Waals surface area contributed by atoms with Crippen LogP contribution in [0.4, 0.5) is 0 Å². The number of nitrogens with zero attached hydrogens (tertiary/aromatic N) is 2. The van der Waals surface area contributed by atoms with Gasteiger partial charge in [-0.15, -0.1) is 0 Å². The van der Waals surface area contributed by atoms with Gasteiger partial charge in [0.1, 0.15) is 5.82 Å². The average Bonchev–Trinajstić information content (AvgIpc) is 2.81. The second-order valence-electron chi connectivity index (χ2n) is 3.81. The van der Waals surface area contributed by atoms with Crippen molar-refractivity contribution in [3.8, 4) is 0 Å². The van der Waals surface area contributed by atoms with Gasteiger partial charge in [0.15, 0.2) is 5.78 Å². The number of nitrogens with one attached hydrogen (secondary N) is 2. The molecular weight excluding hydrogens is 236 g/mol. The SMILES string of the molecule is CC(=O)c1c[nH]c(=O)n(CCc2ncc[nH]2)c1=O. The minimum atomic E-state index is -0.571. The van der Waals surface area contributed by atoms with Gasteiger partial charge in [0.05, 0.1) is 5.56 Å². The average molecular weight is 248 g/mol. The number of aryl methyl sites for hydroxylation is 1. The molecule has 0 aliphatic rings. The van der Waals surface area contributed by atoms with Crippen LogP contribution in [0.5, 0.6) is 0 Å². The minimum Gasteiger partial charge on any atom is -0.349 e. The topological polar surface area (TPSA) is 101 Å². The Kier molecular flexibility index (Phi) is 3.22. The van der Waals surface area contributed by atoms with E-state index in [4.69, 9.17) is 0 Å². The summed E-state index contributed by atoms with van der Waals surface area (Å²) in [5.41, 5.74) is -1.12. The van der Waals surface area contributed by atoms with Crippen molar-refractivity contribution in [1.29, 1.82) is 0 Å². The Morgan fingerprint density at radius 3 is 2.78 bits per heavy atom. The van der Waals surface area contributed by atoms with E-state index in [1.54, 1.807) is 12.4 Å². The van der Waals surface area contributed by atoms with Crippen LogP contribution in [-0.2, 0) is 13.0 Å². The summed E-state index contributed by atoms with van der Waals surface area (Å²) in [6.45, 7) is 1.45. The second-order valence-corrected chi connectivity index (χ2v) is 3.81. The zero-order valence-electron chi connectivity index (χ0n) is 9.77. The van der Waals surface area contributed by atoms with Crippen molar-refractivity contribution in [2.24, 2.45) is 0 Å². The second kappa shape index (κ2) is 4.82. The lowest BCUT2D eigenvalue weighted by Gasteiger charge is -2.04. The Hall–Kier alpha value is -2.44. The van der Waals surface area contributed by atoms with Gasteiger partial charge < -0.3 is 9.97 Å². The van der Waals surface area contributed by atoms with E-state index in [-0.39, 0.29) is 17.9 Å². The number of hydrogen-bond acceptors (Lipinski definition) is 4. The van der Waals surface area contributed by atoms with Crippen LogP contribution < -0.4 is 11.2 Å². The predicted octanol–water partition coefficient (Wildman–Crippen LogP) is -0.295. The third-order valence-corrected chi connectivity index (χ3v) is 2.57. The number of aromatic nitrogens is 4. The minimum absolute atomic E-state index is 0.0194. The number of carbonyl (C=O) groups is 1. The van der Waals surface area contributed by atoms with E-state index >= 15 is 0 Å². The molecule has 0 saturated heterocycles. The Bertz CT molecular complexity index is 666. The fraction of sp³-hybridized carbons (Fsp3) is 0.273. The first-order valence-corrected chi connectivity index (χ1v) is 5.41. The molecule has 0 atom stereocenters. The maximum atomic E-state index is 11.9. The monoisotopic (exact) mass is 248 g/mol. The highest BCUT2D eigenvalue weighted by molar-refractivity contribution is 5.93. The third-order valence-electron chi connectivity index (χ3n) is 2.57. The molecular formula is C11H12N4O3. The fourth-order valence-corrected chi connectivity index (χ4v) is 1.62. The number of hydrogen-bond donors (Lipinski definition) is 2. The molecule has 18 heavy (non-hydrogen) atoms. The van der Waals surface area contributed by atoms with Crippen molar-refractivity contribution < 1.29 is 4.79 Å². The van der Waals surface area contributed by atoms with Crippen LogP contribution >= 0.6 is 0 Å². The molecule has 7 nitrogen and oxygen atoms in total. The first-order chi connectivity index (χ1) is 8.59. The highest BCUT2D eigenvalue weighted by atomic mass is 16.2. The van der Waals surface area contributed by atoms with E-state index in [1.807, 2.05) is 0 Å². The predicted molar refractivity (Wildman–Crippen MR) is 63.6 cm³/mol. The molecule has 0 aliphatic heterocycles. The van der Waals surface area contributed by atoms with E-state index in [0.717, 1.165) is 10.8 Å². The normalized spacial score (nSPS) is 10.5. The third kappa shape index (κ3) is 2.29. The molecule has 0 aromatic carbocycles. The van der Waals surface area contributed by atoms with Crippen LogP contribution in [-0.4, -0.2) is 25.3 Å². The molecule has 0 aliphatic carbocycles. The highest BCUT2D eigenvalue weighted by Gasteiger charge is 2.11. The zero-order valence-corrected chi connectivity index (χ0v) is 9.77. The van der Waals surface area contributed by atoms with Gasteiger partial charge in [0.2, 0.25) is 0 Å². The summed E-state index contributed by atoms with van der Waals surface area (Å²) in [6.07, 6.45) is 4.82. The maximum absolute atomic E-state index is 11.9. The molecule has 0 saturated carbocycles. The van der Waals surface area contributed by atoms with E-state index in [0.29, 0.717) is 12.2 Å². The quantitative estimate of drug-likeness (QED) is 0.725. The van der Waals surface area contributed by atoms with Crippen LogP contribution in [0.2, 0.25) is 0 Å². The van der Waals surface area contributed by atoms with Crippen molar-refractivity contribution in [2.75, 3.05) is 0 Å². The van der Waals surface area contributed by atoms with Gasteiger partial charge in [-0.05, 0) is 6.92 Å². The van der Waals surface area contributed by atoms with Gasteiger partial charge >= 0.3 is 5.69 Å². The van der Waals surface area contributed by atoms with Crippen molar-refractivity contribution >= 4 is 5.78 Å². The summed E-state index contributed by atoms with van der Waals surface area (Å²) < 4.78 is 0.999. The molecule has 2 aromatic rings. The van der Waals surface area contributed by atoms with Crippen LogP contribution in [0, 0.1) is 0 Å². The first-order valence-electron chi connectivity index (χ1n) is 5.41. The molecule has 0 amide bonds. The lowest BCUT2D eigenvalue weighted by Crippen LogP contribution is -2.38. The van der Waals surface area contributed by atoms with Gasteiger partial charge in [-0.1, -0.05) is 0 Å². The Labute approximate surface area is 102 Å². The number of carbonyl (C=O) groups excluding carboxylic acids is 1. The maximum Gasteiger partial charge on any atom is 0.328 e. The van der Waals surface area contributed by atoms with Gasteiger partial charge in [-0.2, -0.15) is 0 Å². The van der Waals surface area contributed by atoms with E-state index < -0.39 is 11.2 Å². The molecule has 2 aromatic heterocycles. The van der Waals surface area contributed by atoms with E-state index in [1.165, 1.54) is 6.92 Å². The molecule has 7 heteroatoms. The standard InChI is InChI=1S/C11H12N4O3/c1-7(16)8-6-14-11(18)15(10(8)17)5-2-9-12-3-4-13-9/h3-4,6H,2,5H2,1H3,(H,12,13)(H,14,18). The highest BCUT2D eigenvalue weighted by Crippen LogP contribution is 1.92. The van der Waals surface area contributed by atoms with Gasteiger partial charge in [0, 0.05) is 31.6 Å². The number of imidazole rings is 1. The van der Waals surface area contributed by atoms with Gasteiger partial charge in [0.25, 0.3) is 5.56 Å². The molecule has 0 unspecified atom stereocenters. The number of Topliss-reactive ketones (excluding diaryl/α,β-unsaturated/α-hetero) is 1. The number of rotatable bonds is 4. The van der Waals surface area contributed by atoms with Crippen LogP contribution in [0.25, 0.3) is 0 Å². The smallest absolute Gasteiger partial charge is 0.328 e. The van der Waals surface area contributed by atoms with Crippen molar-refractivity contribution in [3.05, 3.63) is 50.8 Å². The first kappa shape index (κ1) is 12.0. The van der Waals surface area contributed by atoms with Crippen LogP contribution in [0.3, 0.4) is 0 Å². The molecule has 2 heterocycles. The lowest BCUT2D eigenvalue weighted by molar-refractivity contribution is 0.101. The Morgan fingerprint density at radius 1 is 1.39 bits per heavy atom. The Morgan fingerprint density at radius 2 is 2.17 bits per heavy atom. The summed E-state index contributed by atoms with van der Waals surface area (Å²) >= 11 is 0. The molecule has 0 radical (unpaired) electrons. The summed E-state index contributed by atoms with van der Waals surface area (Å²) in [5, 5.41) is 0. The van der Waals surface area contributed by atoms with Gasteiger partial charge in [-0.3, -0.25) is 14.2 Å². The molecule has 0 fully saturated rings. The molecule has 2 rings (SSSR count). The van der Waals surface area contributed by atoms with E-state index in [2.05, 4.69) is 15.0 Å². The van der Waals surface area contributed by atoms with E-state index in [9.17, 15) is 14.4 Å². The number of ketones is 1. The molecule has 0 spiro atoms. The summed E-state index contributed by atoms with van der Waals surface area (Å²) in [7, 11) is 0. The summed E-state index contributed by atoms with van der Waals surface area (Å²) in [4.78, 5) is 43.9. The summed E-state index contributed by atoms with van der Waals surface area (Å²) in [5.74, 6) is 0.303. The number of H-pyrrole nitrogens is 2. The van der Waals surface area contributed by atoms with Gasteiger partial charge in [-0.25, -0.2) is 9.78 Å². The van der Waals surface area contributed by atoms with Crippen LogP contribution in [0.1, 0.15) is 23.1 Å². The number of aromatic amines is 2. The Balaban J connectivity index is 2.32. The lowest BCUT2D eigenvalue weighted by atomic mass is 10.2. The summed E-state index contributed by atoms with van der Waals surface area (Å²) in [6, 6.07) is 0.